The smallest absolute Gasteiger partial charge is 0.237 e. The Labute approximate surface area is 230 Å². The van der Waals surface area contributed by atoms with Gasteiger partial charge in [-0.15, -0.1) is 11.8 Å². The van der Waals surface area contributed by atoms with E-state index < -0.39 is 0 Å². The van der Waals surface area contributed by atoms with Crippen LogP contribution >= 0.6 is 11.8 Å². The van der Waals surface area contributed by atoms with Crippen molar-refractivity contribution < 1.29 is 14.6 Å². The number of benzene rings is 3. The molecule has 1 aromatic heterocycles. The lowest BCUT2D eigenvalue weighted by molar-refractivity contribution is -0.118. The van der Waals surface area contributed by atoms with Crippen LogP contribution in [0.3, 0.4) is 0 Å². The number of nitrogens with one attached hydrogen (secondary N) is 2. The number of phenols is 1. The Morgan fingerprint density at radius 1 is 1.00 bits per heavy atom. The maximum Gasteiger partial charge on any atom is 0.237 e. The maximum absolute atomic E-state index is 12.5. The zero-order valence-corrected chi connectivity index (χ0v) is 22.0. The lowest BCUT2D eigenvalue weighted by Crippen LogP contribution is -2.24. The van der Waals surface area contributed by atoms with Crippen LogP contribution in [-0.2, 0) is 11.3 Å². The van der Waals surface area contributed by atoms with Gasteiger partial charge in [0.2, 0.25) is 17.7 Å². The van der Waals surface area contributed by atoms with Gasteiger partial charge in [0.1, 0.15) is 11.5 Å². The van der Waals surface area contributed by atoms with Gasteiger partial charge >= 0.3 is 0 Å². The zero-order valence-electron chi connectivity index (χ0n) is 21.2. The number of amides is 1. The predicted octanol–water partition coefficient (Wildman–Crippen LogP) is 5.49. The highest BCUT2D eigenvalue weighted by molar-refractivity contribution is 8.00. The number of hydrogen-bond donors (Lipinski definition) is 3. The van der Waals surface area contributed by atoms with Crippen molar-refractivity contribution in [3.63, 3.8) is 0 Å². The zero-order chi connectivity index (χ0) is 27.8. The van der Waals surface area contributed by atoms with E-state index in [0.29, 0.717) is 34.0 Å². The van der Waals surface area contributed by atoms with Crippen molar-refractivity contribution in [2.24, 2.45) is 0 Å². The molecule has 194 valence electrons. The van der Waals surface area contributed by atoms with E-state index in [4.69, 9.17) is 10.00 Å². The lowest BCUT2D eigenvalue weighted by atomic mass is 10.1. The molecule has 10 heteroatoms. The maximum atomic E-state index is 12.5. The molecule has 0 aliphatic rings. The molecule has 0 aliphatic carbocycles. The summed E-state index contributed by atoms with van der Waals surface area (Å²) < 4.78 is 6.24. The third-order valence-electron chi connectivity index (χ3n) is 5.57. The molecule has 0 radical (unpaired) electrons. The largest absolute Gasteiger partial charge is 0.508 e. The van der Waals surface area contributed by atoms with Gasteiger partial charge in [0, 0.05) is 18.4 Å². The SMILES string of the molecule is Cc1cc(C#N)cc(C)c1Oc1nc(Nc2ccc(C#N)cc2)ncc1SCC(=O)NCc1ccc(O)cc1. The highest BCUT2D eigenvalue weighted by Crippen LogP contribution is 2.35. The number of phenolic OH excluding ortho intramolecular Hbond substituents is 1. The molecular formula is C29H24N6O3S. The normalized spacial score (nSPS) is 10.3. The van der Waals surface area contributed by atoms with Crippen molar-refractivity contribution in [2.45, 2.75) is 25.3 Å². The molecular weight excluding hydrogens is 512 g/mol. The second-order valence-corrected chi connectivity index (χ2v) is 9.58. The minimum absolute atomic E-state index is 0.103. The van der Waals surface area contributed by atoms with Crippen LogP contribution in [0.2, 0.25) is 0 Å². The van der Waals surface area contributed by atoms with Crippen molar-refractivity contribution in [3.05, 3.63) is 94.7 Å². The first-order valence-corrected chi connectivity index (χ1v) is 12.8. The number of carbonyl (C=O) groups excluding carboxylic acids is 1. The molecule has 0 spiro atoms. The average Bonchev–Trinajstić information content (AvgIpc) is 2.94. The summed E-state index contributed by atoms with van der Waals surface area (Å²) in [6.07, 6.45) is 1.58. The van der Waals surface area contributed by atoms with Gasteiger partial charge in [-0.25, -0.2) is 4.98 Å². The number of nitriles is 2. The molecule has 3 N–H and O–H groups in total. The third kappa shape index (κ3) is 7.25. The standard InChI is InChI=1S/C29H24N6O3S/c1-18-11-22(14-31)12-19(2)27(18)38-28-25(39-17-26(37)32-15-21-5-9-24(36)10-6-21)16-33-29(35-28)34-23-7-3-20(13-30)4-8-23/h3-12,16,36H,15,17H2,1-2H3,(H,32,37)(H,33,34,35). The number of aromatic hydroxyl groups is 1. The summed E-state index contributed by atoms with van der Waals surface area (Å²) in [6.45, 7) is 4.03. The van der Waals surface area contributed by atoms with E-state index in [1.807, 2.05) is 13.8 Å². The van der Waals surface area contributed by atoms with Crippen LogP contribution in [-0.4, -0.2) is 26.7 Å². The van der Waals surface area contributed by atoms with E-state index in [2.05, 4.69) is 32.7 Å². The number of hydrogen-bond acceptors (Lipinski definition) is 9. The Kier molecular flexibility index (Phi) is 8.62. The van der Waals surface area contributed by atoms with Crippen molar-refractivity contribution in [3.8, 4) is 29.5 Å². The van der Waals surface area contributed by atoms with E-state index >= 15 is 0 Å². The molecule has 4 rings (SSSR count). The summed E-state index contributed by atoms with van der Waals surface area (Å²) in [4.78, 5) is 22.0. The number of nitrogens with zero attached hydrogens (tertiary/aromatic N) is 4. The van der Waals surface area contributed by atoms with Gasteiger partial charge in [-0.3, -0.25) is 4.79 Å². The molecule has 1 amide bonds. The summed E-state index contributed by atoms with van der Waals surface area (Å²) >= 11 is 1.23. The van der Waals surface area contributed by atoms with Crippen LogP contribution in [0.4, 0.5) is 11.6 Å². The first kappa shape index (κ1) is 27.0. The van der Waals surface area contributed by atoms with E-state index in [-0.39, 0.29) is 29.2 Å². The molecule has 0 unspecified atom stereocenters. The molecule has 39 heavy (non-hydrogen) atoms. The molecule has 0 saturated heterocycles. The van der Waals surface area contributed by atoms with Crippen LogP contribution in [0.5, 0.6) is 17.4 Å². The topological polar surface area (TPSA) is 144 Å². The fourth-order valence-corrected chi connectivity index (χ4v) is 4.35. The van der Waals surface area contributed by atoms with E-state index in [9.17, 15) is 15.2 Å². The van der Waals surface area contributed by atoms with Gasteiger partial charge in [0.25, 0.3) is 0 Å². The van der Waals surface area contributed by atoms with Crippen LogP contribution in [0.1, 0.15) is 27.8 Å². The molecule has 0 atom stereocenters. The van der Waals surface area contributed by atoms with Crippen LogP contribution in [0.15, 0.2) is 71.8 Å². The number of rotatable bonds is 9. The summed E-state index contributed by atoms with van der Waals surface area (Å²) in [5, 5.41) is 33.7. The highest BCUT2D eigenvalue weighted by atomic mass is 32.2. The molecule has 0 fully saturated rings. The minimum atomic E-state index is -0.190. The second-order valence-electron chi connectivity index (χ2n) is 8.56. The predicted molar refractivity (Wildman–Crippen MR) is 148 cm³/mol. The minimum Gasteiger partial charge on any atom is -0.508 e. The van der Waals surface area contributed by atoms with Crippen LogP contribution in [0, 0.1) is 36.5 Å². The molecule has 4 aromatic rings. The number of ether oxygens (including phenoxy) is 1. The van der Waals surface area contributed by atoms with Crippen LogP contribution < -0.4 is 15.4 Å². The fraction of sp³-hybridized carbons (Fsp3) is 0.138. The summed E-state index contributed by atoms with van der Waals surface area (Å²) in [7, 11) is 0. The molecule has 1 heterocycles. The summed E-state index contributed by atoms with van der Waals surface area (Å²) in [5.74, 6) is 1.18. The molecule has 0 saturated carbocycles. The fourth-order valence-electron chi connectivity index (χ4n) is 3.63. The van der Waals surface area contributed by atoms with Crippen molar-refractivity contribution in [2.75, 3.05) is 11.1 Å². The van der Waals surface area contributed by atoms with Crippen molar-refractivity contribution in [1.82, 2.24) is 15.3 Å². The number of aromatic nitrogens is 2. The van der Waals surface area contributed by atoms with Gasteiger partial charge in [0.05, 0.1) is 33.9 Å². The summed E-state index contributed by atoms with van der Waals surface area (Å²) in [6, 6.07) is 21.2. The van der Waals surface area contributed by atoms with Crippen LogP contribution in [0.25, 0.3) is 0 Å². The van der Waals surface area contributed by atoms with Gasteiger partial charge in [-0.05, 0) is 79.1 Å². The molecule has 0 bridgehead atoms. The van der Waals surface area contributed by atoms with E-state index in [0.717, 1.165) is 16.7 Å². The Morgan fingerprint density at radius 3 is 2.31 bits per heavy atom. The quantitative estimate of drug-likeness (QED) is 0.237. The number of anilines is 2. The Morgan fingerprint density at radius 2 is 1.67 bits per heavy atom. The molecule has 9 nitrogen and oxygen atoms in total. The molecule has 3 aromatic carbocycles. The number of carbonyl (C=O) groups is 1. The van der Waals surface area contributed by atoms with Gasteiger partial charge in [0.15, 0.2) is 0 Å². The van der Waals surface area contributed by atoms with Gasteiger partial charge in [-0.2, -0.15) is 15.5 Å². The second kappa shape index (κ2) is 12.5. The first-order valence-electron chi connectivity index (χ1n) is 11.9. The first-order chi connectivity index (χ1) is 18.8. The van der Waals surface area contributed by atoms with Crippen molar-refractivity contribution in [1.29, 1.82) is 10.5 Å². The number of thioether (sulfide) groups is 1. The van der Waals surface area contributed by atoms with Crippen molar-refractivity contribution >= 4 is 29.3 Å². The van der Waals surface area contributed by atoms with Gasteiger partial charge < -0.3 is 20.5 Å². The van der Waals surface area contributed by atoms with E-state index in [1.54, 1.807) is 66.9 Å². The third-order valence-corrected chi connectivity index (χ3v) is 6.56. The van der Waals surface area contributed by atoms with E-state index in [1.165, 1.54) is 11.8 Å². The Balaban J connectivity index is 1.54. The molecule has 0 aliphatic heterocycles. The average molecular weight is 537 g/mol. The Hall–Kier alpha value is -5.06. The Bertz CT molecular complexity index is 1550. The lowest BCUT2D eigenvalue weighted by Gasteiger charge is -2.15. The highest BCUT2D eigenvalue weighted by Gasteiger charge is 2.16. The summed E-state index contributed by atoms with van der Waals surface area (Å²) in [5.41, 5.74) is 4.17. The van der Waals surface area contributed by atoms with Gasteiger partial charge in [-0.1, -0.05) is 12.1 Å². The monoisotopic (exact) mass is 536 g/mol. The number of aryl methyl sites for hydroxylation is 2.